The average molecular weight is 235 g/mol. The number of aryl methyl sites for hydroxylation is 2. The molecule has 0 radical (unpaired) electrons. The molecule has 15 heavy (non-hydrogen) atoms. The van der Waals surface area contributed by atoms with Gasteiger partial charge in [-0.15, -0.1) is 11.3 Å². The van der Waals surface area contributed by atoms with Crippen LogP contribution in [0.3, 0.4) is 0 Å². The van der Waals surface area contributed by atoms with Crippen molar-refractivity contribution in [3.8, 4) is 0 Å². The first-order valence-corrected chi connectivity index (χ1v) is 6.71. The Balaban J connectivity index is 1.96. The summed E-state index contributed by atoms with van der Waals surface area (Å²) in [7, 11) is 0. The van der Waals surface area contributed by atoms with Gasteiger partial charge in [-0.05, 0) is 19.4 Å². The Kier molecular flexibility index (Phi) is 3.44. The van der Waals surface area contributed by atoms with Crippen molar-refractivity contribution in [1.29, 1.82) is 0 Å². The van der Waals surface area contributed by atoms with E-state index in [4.69, 9.17) is 0 Å². The summed E-state index contributed by atoms with van der Waals surface area (Å²) >= 11 is 3.53. The van der Waals surface area contributed by atoms with Crippen LogP contribution in [0.15, 0.2) is 34.0 Å². The molecular weight excluding hydrogens is 222 g/mol. The molecule has 0 N–H and O–H groups in total. The van der Waals surface area contributed by atoms with Gasteiger partial charge in [-0.3, -0.25) is 0 Å². The van der Waals surface area contributed by atoms with Gasteiger partial charge in [0.25, 0.3) is 0 Å². The lowest BCUT2D eigenvalue weighted by molar-refractivity contribution is 1.16. The molecule has 0 atom stereocenters. The number of aromatic nitrogens is 1. The Bertz CT molecular complexity index is 431. The van der Waals surface area contributed by atoms with E-state index in [0.717, 1.165) is 15.8 Å². The van der Waals surface area contributed by atoms with Crippen LogP contribution in [0.2, 0.25) is 0 Å². The second-order valence-corrected chi connectivity index (χ2v) is 5.61. The topological polar surface area (TPSA) is 12.9 Å². The number of benzene rings is 1. The highest BCUT2D eigenvalue weighted by molar-refractivity contribution is 8.00. The molecule has 0 aliphatic rings. The standard InChI is InChI=1S/C12H13NS2/c1-9-3-5-11(6-4-9)8-15-12-13-10(2)7-14-12/h3-7H,8H2,1-2H3. The molecule has 1 aromatic heterocycles. The van der Waals surface area contributed by atoms with Crippen molar-refractivity contribution in [3.63, 3.8) is 0 Å². The Morgan fingerprint density at radius 3 is 2.53 bits per heavy atom. The Morgan fingerprint density at radius 1 is 1.20 bits per heavy atom. The maximum Gasteiger partial charge on any atom is 0.150 e. The zero-order valence-electron chi connectivity index (χ0n) is 8.86. The molecule has 78 valence electrons. The van der Waals surface area contributed by atoms with E-state index >= 15 is 0 Å². The number of hydrogen-bond donors (Lipinski definition) is 0. The van der Waals surface area contributed by atoms with E-state index in [1.807, 2.05) is 18.7 Å². The minimum atomic E-state index is 1.01. The molecule has 3 heteroatoms. The SMILES string of the molecule is Cc1ccc(CSc2nc(C)cs2)cc1. The summed E-state index contributed by atoms with van der Waals surface area (Å²) in [6.45, 7) is 4.15. The van der Waals surface area contributed by atoms with Crippen LogP contribution in [0, 0.1) is 13.8 Å². The number of rotatable bonds is 3. The lowest BCUT2D eigenvalue weighted by Gasteiger charge is -1.99. The molecule has 1 heterocycles. The van der Waals surface area contributed by atoms with Crippen molar-refractivity contribution in [1.82, 2.24) is 4.98 Å². The van der Waals surface area contributed by atoms with Crippen molar-refractivity contribution < 1.29 is 0 Å². The average Bonchev–Trinajstić information content (AvgIpc) is 2.64. The molecule has 0 amide bonds. The Labute approximate surface area is 98.6 Å². The molecule has 0 saturated heterocycles. The van der Waals surface area contributed by atoms with Crippen molar-refractivity contribution >= 4 is 23.1 Å². The minimum Gasteiger partial charge on any atom is -0.235 e. The van der Waals surface area contributed by atoms with Crippen LogP contribution in [0.5, 0.6) is 0 Å². The lowest BCUT2D eigenvalue weighted by Crippen LogP contribution is -1.80. The third-order valence-corrected chi connectivity index (χ3v) is 4.29. The first kappa shape index (κ1) is 10.7. The fraction of sp³-hybridized carbons (Fsp3) is 0.250. The molecule has 2 rings (SSSR count). The van der Waals surface area contributed by atoms with Gasteiger partial charge in [0.1, 0.15) is 4.34 Å². The van der Waals surface area contributed by atoms with Gasteiger partial charge in [-0.2, -0.15) is 0 Å². The zero-order chi connectivity index (χ0) is 10.7. The van der Waals surface area contributed by atoms with Crippen molar-refractivity contribution in [3.05, 3.63) is 46.5 Å². The van der Waals surface area contributed by atoms with E-state index in [0.29, 0.717) is 0 Å². The number of thioether (sulfide) groups is 1. The molecule has 1 nitrogen and oxygen atoms in total. The maximum absolute atomic E-state index is 4.42. The molecule has 0 saturated carbocycles. The van der Waals surface area contributed by atoms with Crippen LogP contribution in [0.25, 0.3) is 0 Å². The van der Waals surface area contributed by atoms with E-state index in [2.05, 4.69) is 41.6 Å². The van der Waals surface area contributed by atoms with Gasteiger partial charge in [0.2, 0.25) is 0 Å². The minimum absolute atomic E-state index is 1.01. The molecule has 1 aromatic carbocycles. The first-order chi connectivity index (χ1) is 7.24. The van der Waals surface area contributed by atoms with Gasteiger partial charge in [0.15, 0.2) is 0 Å². The summed E-state index contributed by atoms with van der Waals surface area (Å²) in [4.78, 5) is 4.42. The smallest absolute Gasteiger partial charge is 0.150 e. The van der Waals surface area contributed by atoms with Gasteiger partial charge in [-0.25, -0.2) is 4.98 Å². The fourth-order valence-electron chi connectivity index (χ4n) is 1.23. The third kappa shape index (κ3) is 3.08. The van der Waals surface area contributed by atoms with Gasteiger partial charge in [0.05, 0.1) is 0 Å². The van der Waals surface area contributed by atoms with Crippen LogP contribution in [0.4, 0.5) is 0 Å². The van der Waals surface area contributed by atoms with E-state index in [1.165, 1.54) is 11.1 Å². The zero-order valence-corrected chi connectivity index (χ0v) is 10.5. The first-order valence-electron chi connectivity index (χ1n) is 4.84. The molecular formula is C12H13NS2. The summed E-state index contributed by atoms with van der Waals surface area (Å²) in [5.74, 6) is 1.01. The number of hydrogen-bond acceptors (Lipinski definition) is 3. The van der Waals surface area contributed by atoms with E-state index in [1.54, 1.807) is 11.3 Å². The molecule has 2 aromatic rings. The highest BCUT2D eigenvalue weighted by Crippen LogP contribution is 2.25. The van der Waals surface area contributed by atoms with Crippen LogP contribution in [-0.2, 0) is 5.75 Å². The molecule has 0 fully saturated rings. The predicted octanol–water partition coefficient (Wildman–Crippen LogP) is 4.05. The van der Waals surface area contributed by atoms with Gasteiger partial charge >= 0.3 is 0 Å². The summed E-state index contributed by atoms with van der Waals surface area (Å²) in [6, 6.07) is 8.68. The van der Waals surface area contributed by atoms with E-state index in [9.17, 15) is 0 Å². The molecule has 0 unspecified atom stereocenters. The van der Waals surface area contributed by atoms with E-state index in [-0.39, 0.29) is 0 Å². The van der Waals surface area contributed by atoms with E-state index < -0.39 is 0 Å². The summed E-state index contributed by atoms with van der Waals surface area (Å²) in [5.41, 5.74) is 3.79. The van der Waals surface area contributed by atoms with Gasteiger partial charge < -0.3 is 0 Å². The molecule has 0 spiro atoms. The number of nitrogens with zero attached hydrogens (tertiary/aromatic N) is 1. The lowest BCUT2D eigenvalue weighted by atomic mass is 10.2. The van der Waals surface area contributed by atoms with Crippen molar-refractivity contribution in [2.24, 2.45) is 0 Å². The largest absolute Gasteiger partial charge is 0.235 e. The summed E-state index contributed by atoms with van der Waals surface area (Å²) in [6.07, 6.45) is 0. The molecule has 0 aliphatic carbocycles. The Hall–Kier alpha value is -0.800. The van der Waals surface area contributed by atoms with Gasteiger partial charge in [-0.1, -0.05) is 41.6 Å². The van der Waals surface area contributed by atoms with Crippen LogP contribution in [-0.4, -0.2) is 4.98 Å². The highest BCUT2D eigenvalue weighted by Gasteiger charge is 2.00. The van der Waals surface area contributed by atoms with Crippen molar-refractivity contribution in [2.75, 3.05) is 0 Å². The maximum atomic E-state index is 4.42. The molecule has 0 aliphatic heterocycles. The fourth-order valence-corrected chi connectivity index (χ4v) is 3.03. The van der Waals surface area contributed by atoms with Crippen molar-refractivity contribution in [2.45, 2.75) is 23.9 Å². The summed E-state index contributed by atoms with van der Waals surface area (Å²) < 4.78 is 1.16. The number of thiazole rings is 1. The third-order valence-electron chi connectivity index (χ3n) is 2.08. The quantitative estimate of drug-likeness (QED) is 0.744. The van der Waals surface area contributed by atoms with Gasteiger partial charge in [0, 0.05) is 16.8 Å². The van der Waals surface area contributed by atoms with Crippen LogP contribution in [0.1, 0.15) is 16.8 Å². The molecule has 0 bridgehead atoms. The second kappa shape index (κ2) is 4.81. The highest BCUT2D eigenvalue weighted by atomic mass is 32.2. The van der Waals surface area contributed by atoms with Crippen LogP contribution >= 0.6 is 23.1 Å². The second-order valence-electron chi connectivity index (χ2n) is 3.53. The monoisotopic (exact) mass is 235 g/mol. The van der Waals surface area contributed by atoms with Crippen LogP contribution < -0.4 is 0 Å². The Morgan fingerprint density at radius 2 is 1.93 bits per heavy atom. The summed E-state index contributed by atoms with van der Waals surface area (Å²) in [5, 5.41) is 2.09. The normalized spacial score (nSPS) is 10.5. The predicted molar refractivity (Wildman–Crippen MR) is 67.6 cm³/mol.